The Morgan fingerprint density at radius 3 is 2.82 bits per heavy atom. The Morgan fingerprint density at radius 1 is 1.32 bits per heavy atom. The minimum atomic E-state index is -0.651. The summed E-state index contributed by atoms with van der Waals surface area (Å²) in [5, 5.41) is 20.6. The summed E-state index contributed by atoms with van der Waals surface area (Å²) in [4.78, 5) is 14.4. The Morgan fingerprint density at radius 2 is 2.09 bits per heavy atom. The van der Waals surface area contributed by atoms with Gasteiger partial charge in [0.05, 0.1) is 19.2 Å². The Labute approximate surface area is 130 Å². The number of hydrogen-bond donors (Lipinski definition) is 1. The second-order valence-corrected chi connectivity index (χ2v) is 6.33. The van der Waals surface area contributed by atoms with Crippen LogP contribution in [0.25, 0.3) is 0 Å². The molecule has 7 nitrogen and oxygen atoms in total. The molecule has 22 heavy (non-hydrogen) atoms. The van der Waals surface area contributed by atoms with Gasteiger partial charge in [-0.1, -0.05) is 19.3 Å². The summed E-state index contributed by atoms with van der Waals surface area (Å²) in [6.07, 6.45) is 4.71. The van der Waals surface area contributed by atoms with Crippen molar-refractivity contribution >= 4 is 5.91 Å². The lowest BCUT2D eigenvalue weighted by Gasteiger charge is -2.33. The molecule has 1 saturated carbocycles. The lowest BCUT2D eigenvalue weighted by atomic mass is 9.83. The van der Waals surface area contributed by atoms with Crippen molar-refractivity contribution < 1.29 is 4.79 Å². The van der Waals surface area contributed by atoms with Gasteiger partial charge in [-0.05, 0) is 19.8 Å². The van der Waals surface area contributed by atoms with Gasteiger partial charge in [0.2, 0.25) is 5.91 Å². The van der Waals surface area contributed by atoms with Crippen molar-refractivity contribution in [2.75, 3.05) is 13.1 Å². The summed E-state index contributed by atoms with van der Waals surface area (Å²) < 4.78 is 2.09. The zero-order chi connectivity index (χ0) is 15.6. The van der Waals surface area contributed by atoms with Crippen LogP contribution in [0.4, 0.5) is 0 Å². The number of carbonyl (C=O) groups excluding carboxylic acids is 1. The van der Waals surface area contributed by atoms with Gasteiger partial charge < -0.3 is 9.88 Å². The summed E-state index contributed by atoms with van der Waals surface area (Å²) >= 11 is 0. The summed E-state index contributed by atoms with van der Waals surface area (Å²) in [5.41, 5.74) is -0.651. The first kappa shape index (κ1) is 15.0. The van der Waals surface area contributed by atoms with E-state index >= 15 is 0 Å². The molecule has 1 aliphatic carbocycles. The molecule has 0 unspecified atom stereocenters. The predicted molar refractivity (Wildman–Crippen MR) is 79.6 cm³/mol. The molecule has 0 aromatic carbocycles. The fourth-order valence-electron chi connectivity index (χ4n) is 3.42. The third kappa shape index (κ3) is 2.97. The van der Waals surface area contributed by atoms with Gasteiger partial charge >= 0.3 is 0 Å². The minimum absolute atomic E-state index is 0.0619. The molecule has 118 valence electrons. The highest BCUT2D eigenvalue weighted by molar-refractivity contribution is 5.79. The van der Waals surface area contributed by atoms with Crippen LogP contribution in [0.15, 0.2) is 0 Å². The van der Waals surface area contributed by atoms with E-state index in [-0.39, 0.29) is 5.91 Å². The van der Waals surface area contributed by atoms with E-state index in [2.05, 4.69) is 31.1 Å². The van der Waals surface area contributed by atoms with Crippen molar-refractivity contribution in [1.29, 1.82) is 5.26 Å². The van der Waals surface area contributed by atoms with E-state index in [1.54, 1.807) is 0 Å². The van der Waals surface area contributed by atoms with Crippen LogP contribution in [-0.2, 0) is 17.9 Å². The van der Waals surface area contributed by atoms with Gasteiger partial charge in [-0.2, -0.15) is 5.26 Å². The maximum atomic E-state index is 12.3. The van der Waals surface area contributed by atoms with Crippen molar-refractivity contribution in [3.05, 3.63) is 11.6 Å². The Bertz CT molecular complexity index is 596. The second-order valence-electron chi connectivity index (χ2n) is 6.33. The largest absolute Gasteiger partial charge is 0.337 e. The number of aromatic nitrogens is 3. The molecule has 1 aromatic heterocycles. The molecule has 0 radical (unpaired) electrons. The van der Waals surface area contributed by atoms with Crippen LogP contribution in [0.2, 0.25) is 0 Å². The van der Waals surface area contributed by atoms with E-state index in [1.807, 2.05) is 6.92 Å². The summed E-state index contributed by atoms with van der Waals surface area (Å²) in [6.45, 7) is 4.51. The van der Waals surface area contributed by atoms with E-state index in [0.717, 1.165) is 56.8 Å². The van der Waals surface area contributed by atoms with E-state index in [4.69, 9.17) is 0 Å². The highest BCUT2D eigenvalue weighted by atomic mass is 16.2. The zero-order valence-electron chi connectivity index (χ0n) is 13.0. The lowest BCUT2D eigenvalue weighted by Crippen LogP contribution is -2.52. The van der Waals surface area contributed by atoms with E-state index in [1.165, 1.54) is 0 Å². The van der Waals surface area contributed by atoms with Crippen molar-refractivity contribution in [3.8, 4) is 6.07 Å². The zero-order valence-corrected chi connectivity index (χ0v) is 13.0. The summed E-state index contributed by atoms with van der Waals surface area (Å²) in [5.74, 6) is 1.77. The maximum absolute atomic E-state index is 12.3. The number of rotatable bonds is 3. The van der Waals surface area contributed by atoms with Crippen molar-refractivity contribution in [2.45, 2.75) is 57.7 Å². The molecular formula is C15H22N6O. The number of nitriles is 1. The van der Waals surface area contributed by atoms with Gasteiger partial charge in [-0.3, -0.25) is 9.69 Å². The average Bonchev–Trinajstić information content (AvgIpc) is 2.89. The highest BCUT2D eigenvalue weighted by Crippen LogP contribution is 2.27. The van der Waals surface area contributed by atoms with E-state index in [9.17, 15) is 10.1 Å². The molecule has 1 amide bonds. The van der Waals surface area contributed by atoms with Crippen LogP contribution in [0.5, 0.6) is 0 Å². The first-order chi connectivity index (χ1) is 10.6. The standard InChI is InChI=1S/C15H22N6O/c1-12-18-19-13-9-20(7-8-21(12)13)10-14(22)17-15(11-16)5-3-2-4-6-15/h2-10H2,1H3,(H,17,22). The van der Waals surface area contributed by atoms with Crippen LogP contribution in [0.3, 0.4) is 0 Å². The van der Waals surface area contributed by atoms with Crippen molar-refractivity contribution in [3.63, 3.8) is 0 Å². The normalized spacial score (nSPS) is 20.9. The van der Waals surface area contributed by atoms with Crippen LogP contribution in [0.1, 0.15) is 43.8 Å². The molecule has 3 rings (SSSR count). The lowest BCUT2D eigenvalue weighted by molar-refractivity contribution is -0.124. The van der Waals surface area contributed by atoms with Gasteiger partial charge in [0.25, 0.3) is 0 Å². The molecule has 1 aliphatic heterocycles. The van der Waals surface area contributed by atoms with Crippen LogP contribution >= 0.6 is 0 Å². The number of amides is 1. The molecule has 0 saturated heterocycles. The quantitative estimate of drug-likeness (QED) is 0.890. The fraction of sp³-hybridized carbons (Fsp3) is 0.733. The molecule has 1 N–H and O–H groups in total. The number of hydrogen-bond acceptors (Lipinski definition) is 5. The Hall–Kier alpha value is -1.94. The average molecular weight is 302 g/mol. The summed E-state index contributed by atoms with van der Waals surface area (Å²) in [7, 11) is 0. The predicted octanol–water partition coefficient (Wildman–Crippen LogP) is 0.745. The molecule has 1 aromatic rings. The van der Waals surface area contributed by atoms with Gasteiger partial charge in [0.1, 0.15) is 17.2 Å². The van der Waals surface area contributed by atoms with Gasteiger partial charge in [-0.15, -0.1) is 10.2 Å². The van der Waals surface area contributed by atoms with Crippen molar-refractivity contribution in [1.82, 2.24) is 25.0 Å². The van der Waals surface area contributed by atoms with Gasteiger partial charge in [0.15, 0.2) is 0 Å². The molecule has 1 fully saturated rings. The molecule has 2 heterocycles. The topological polar surface area (TPSA) is 86.8 Å². The third-order valence-corrected chi connectivity index (χ3v) is 4.68. The summed E-state index contributed by atoms with van der Waals surface area (Å²) in [6, 6.07) is 2.33. The highest BCUT2D eigenvalue weighted by Gasteiger charge is 2.34. The number of carbonyl (C=O) groups is 1. The Kier molecular flexibility index (Phi) is 4.12. The second kappa shape index (κ2) is 6.05. The van der Waals surface area contributed by atoms with Gasteiger partial charge in [-0.25, -0.2) is 0 Å². The Balaban J connectivity index is 1.57. The van der Waals surface area contributed by atoms with E-state index in [0.29, 0.717) is 13.1 Å². The third-order valence-electron chi connectivity index (χ3n) is 4.68. The fourth-order valence-corrected chi connectivity index (χ4v) is 3.42. The smallest absolute Gasteiger partial charge is 0.235 e. The molecule has 0 atom stereocenters. The first-order valence-electron chi connectivity index (χ1n) is 7.95. The number of fused-ring (bicyclic) bond motifs is 1. The first-order valence-corrected chi connectivity index (χ1v) is 7.95. The molecular weight excluding hydrogens is 280 g/mol. The molecule has 0 bridgehead atoms. The monoisotopic (exact) mass is 302 g/mol. The van der Waals surface area contributed by atoms with Crippen LogP contribution < -0.4 is 5.32 Å². The number of nitrogens with one attached hydrogen (secondary N) is 1. The van der Waals surface area contributed by atoms with E-state index < -0.39 is 5.54 Å². The van der Waals surface area contributed by atoms with Gasteiger partial charge in [0, 0.05) is 13.1 Å². The SMILES string of the molecule is Cc1nnc2n1CCN(CC(=O)NC1(C#N)CCCCC1)C2. The van der Waals surface area contributed by atoms with Crippen LogP contribution in [-0.4, -0.2) is 44.2 Å². The minimum Gasteiger partial charge on any atom is -0.337 e. The number of nitrogens with zero attached hydrogens (tertiary/aromatic N) is 5. The maximum Gasteiger partial charge on any atom is 0.235 e. The number of aryl methyl sites for hydroxylation is 1. The van der Waals surface area contributed by atoms with Crippen molar-refractivity contribution in [2.24, 2.45) is 0 Å². The molecule has 2 aliphatic rings. The van der Waals surface area contributed by atoms with Crippen LogP contribution in [0, 0.1) is 18.3 Å². The molecule has 7 heteroatoms. The molecule has 0 spiro atoms.